The molecular formula is C23H18Cl2N6O. The molecule has 4 heterocycles. The van der Waals surface area contributed by atoms with Crippen LogP contribution >= 0.6 is 23.2 Å². The van der Waals surface area contributed by atoms with E-state index < -0.39 is 0 Å². The minimum atomic E-state index is -0.119. The Bertz CT molecular complexity index is 1320. The third-order valence-corrected chi connectivity index (χ3v) is 6.17. The molecule has 1 aliphatic rings. The Morgan fingerprint density at radius 3 is 2.59 bits per heavy atom. The molecule has 1 aliphatic heterocycles. The second-order valence-electron chi connectivity index (χ2n) is 7.61. The van der Waals surface area contributed by atoms with Crippen LogP contribution in [0.5, 0.6) is 0 Å². The Morgan fingerprint density at radius 1 is 1.00 bits per heavy atom. The van der Waals surface area contributed by atoms with Crippen molar-refractivity contribution in [2.45, 2.75) is 19.5 Å². The number of pyridine rings is 1. The molecule has 0 radical (unpaired) electrons. The standard InChI is InChI=1S/C23H18Cl2N6O/c24-18-3-2-15(7-19(18)25)20-4-1-14(8-28-20)11-31-6-5-21-17(12-31)23(32)30-22(29-21)16-9-26-13-27-10-16/h1-4,7-10,13H,5-6,11-12H2,(H,29,30,32). The number of nitrogens with one attached hydrogen (secondary N) is 1. The molecule has 7 nitrogen and oxygen atoms in total. The molecule has 1 aromatic carbocycles. The topological polar surface area (TPSA) is 87.7 Å². The van der Waals surface area contributed by atoms with Crippen LogP contribution in [0.3, 0.4) is 0 Å². The summed E-state index contributed by atoms with van der Waals surface area (Å²) in [7, 11) is 0. The fourth-order valence-electron chi connectivity index (χ4n) is 3.78. The second kappa shape index (κ2) is 8.78. The van der Waals surface area contributed by atoms with Crippen LogP contribution in [0.2, 0.25) is 10.0 Å². The average Bonchev–Trinajstić information content (AvgIpc) is 2.82. The number of nitrogens with zero attached hydrogens (tertiary/aromatic N) is 5. The lowest BCUT2D eigenvalue weighted by Crippen LogP contribution is -2.35. The Kier molecular flexibility index (Phi) is 5.70. The highest BCUT2D eigenvalue weighted by Gasteiger charge is 2.22. The molecule has 0 fully saturated rings. The van der Waals surface area contributed by atoms with Gasteiger partial charge in [0.2, 0.25) is 0 Å². The molecule has 32 heavy (non-hydrogen) atoms. The van der Waals surface area contributed by atoms with Gasteiger partial charge in [0.1, 0.15) is 12.2 Å². The first-order valence-corrected chi connectivity index (χ1v) is 10.8. The summed E-state index contributed by atoms with van der Waals surface area (Å²) in [5.41, 5.74) is 4.92. The smallest absolute Gasteiger partial charge is 0.255 e. The number of rotatable bonds is 4. The van der Waals surface area contributed by atoms with Gasteiger partial charge in [-0.15, -0.1) is 0 Å². The number of aromatic nitrogens is 5. The summed E-state index contributed by atoms with van der Waals surface area (Å²) < 4.78 is 0. The summed E-state index contributed by atoms with van der Waals surface area (Å²) in [6.07, 6.45) is 7.29. The van der Waals surface area contributed by atoms with Crippen molar-refractivity contribution in [2.75, 3.05) is 6.54 Å². The number of benzene rings is 1. The predicted molar refractivity (Wildman–Crippen MR) is 123 cm³/mol. The average molecular weight is 465 g/mol. The Labute approximate surface area is 194 Å². The van der Waals surface area contributed by atoms with Gasteiger partial charge in [0.25, 0.3) is 5.56 Å². The van der Waals surface area contributed by atoms with Gasteiger partial charge in [-0.2, -0.15) is 0 Å². The SMILES string of the molecule is O=c1[nH]c(-c2cncnc2)nc2c1CN(Cc1ccc(-c3ccc(Cl)c(Cl)c3)nc1)CC2. The zero-order chi connectivity index (χ0) is 22.1. The Balaban J connectivity index is 1.31. The number of hydrogen-bond acceptors (Lipinski definition) is 6. The summed E-state index contributed by atoms with van der Waals surface area (Å²) in [6, 6.07) is 9.48. The summed E-state index contributed by atoms with van der Waals surface area (Å²) in [6.45, 7) is 2.04. The number of hydrogen-bond donors (Lipinski definition) is 1. The molecule has 5 rings (SSSR count). The van der Waals surface area contributed by atoms with Crippen LogP contribution < -0.4 is 5.56 Å². The van der Waals surface area contributed by atoms with Crippen molar-refractivity contribution >= 4 is 23.2 Å². The van der Waals surface area contributed by atoms with E-state index in [-0.39, 0.29) is 5.56 Å². The molecule has 4 aromatic rings. The van der Waals surface area contributed by atoms with Crippen LogP contribution in [-0.2, 0) is 19.5 Å². The van der Waals surface area contributed by atoms with Crippen LogP contribution in [-0.4, -0.2) is 36.4 Å². The number of halogens is 2. The zero-order valence-corrected chi connectivity index (χ0v) is 18.4. The van der Waals surface area contributed by atoms with Gasteiger partial charge < -0.3 is 4.98 Å². The molecule has 0 amide bonds. The molecule has 160 valence electrons. The van der Waals surface area contributed by atoms with E-state index in [0.29, 0.717) is 46.5 Å². The summed E-state index contributed by atoms with van der Waals surface area (Å²) in [5.74, 6) is 0.505. The van der Waals surface area contributed by atoms with Crippen LogP contribution in [0.25, 0.3) is 22.6 Å². The van der Waals surface area contributed by atoms with E-state index in [2.05, 4.69) is 29.8 Å². The third kappa shape index (κ3) is 4.27. The first-order chi connectivity index (χ1) is 15.6. The molecule has 0 bridgehead atoms. The van der Waals surface area contributed by atoms with Gasteiger partial charge in [-0.1, -0.05) is 35.3 Å². The maximum absolute atomic E-state index is 12.7. The van der Waals surface area contributed by atoms with E-state index in [4.69, 9.17) is 23.2 Å². The van der Waals surface area contributed by atoms with Gasteiger partial charge in [0.05, 0.1) is 32.6 Å². The summed E-state index contributed by atoms with van der Waals surface area (Å²) in [4.78, 5) is 35.0. The number of aromatic amines is 1. The highest BCUT2D eigenvalue weighted by molar-refractivity contribution is 6.42. The molecule has 1 N–H and O–H groups in total. The lowest BCUT2D eigenvalue weighted by Gasteiger charge is -2.27. The Morgan fingerprint density at radius 2 is 1.84 bits per heavy atom. The minimum Gasteiger partial charge on any atom is -0.306 e. The molecule has 0 atom stereocenters. The molecule has 3 aromatic heterocycles. The van der Waals surface area contributed by atoms with E-state index >= 15 is 0 Å². The van der Waals surface area contributed by atoms with Crippen LogP contribution in [0.1, 0.15) is 16.8 Å². The van der Waals surface area contributed by atoms with Gasteiger partial charge in [0, 0.05) is 50.2 Å². The molecule has 0 saturated heterocycles. The molecule has 0 saturated carbocycles. The maximum Gasteiger partial charge on any atom is 0.255 e. The third-order valence-electron chi connectivity index (χ3n) is 5.43. The van der Waals surface area contributed by atoms with E-state index in [1.54, 1.807) is 18.5 Å². The second-order valence-corrected chi connectivity index (χ2v) is 8.42. The van der Waals surface area contributed by atoms with E-state index in [1.165, 1.54) is 6.33 Å². The van der Waals surface area contributed by atoms with Crippen molar-refractivity contribution in [3.8, 4) is 22.6 Å². The van der Waals surface area contributed by atoms with Crippen LogP contribution in [0, 0.1) is 0 Å². The van der Waals surface area contributed by atoms with Crippen molar-refractivity contribution in [3.63, 3.8) is 0 Å². The van der Waals surface area contributed by atoms with Crippen LogP contribution in [0.4, 0.5) is 0 Å². The molecule has 0 unspecified atom stereocenters. The Hall–Kier alpha value is -3.13. The molecule has 9 heteroatoms. The van der Waals surface area contributed by atoms with Gasteiger partial charge in [0.15, 0.2) is 0 Å². The van der Waals surface area contributed by atoms with Gasteiger partial charge in [-0.3, -0.25) is 14.7 Å². The van der Waals surface area contributed by atoms with Gasteiger partial charge >= 0.3 is 0 Å². The number of H-pyrrole nitrogens is 1. The van der Waals surface area contributed by atoms with Gasteiger partial charge in [-0.25, -0.2) is 15.0 Å². The lowest BCUT2D eigenvalue weighted by atomic mass is 10.1. The normalized spacial score (nSPS) is 13.7. The van der Waals surface area contributed by atoms with Crippen molar-refractivity contribution in [1.29, 1.82) is 0 Å². The van der Waals surface area contributed by atoms with Crippen molar-refractivity contribution in [2.24, 2.45) is 0 Å². The van der Waals surface area contributed by atoms with Crippen LogP contribution in [0.15, 0.2) is 60.0 Å². The monoisotopic (exact) mass is 464 g/mol. The quantitative estimate of drug-likeness (QED) is 0.487. The predicted octanol–water partition coefficient (Wildman–Crippen LogP) is 4.15. The molecular weight excluding hydrogens is 447 g/mol. The minimum absolute atomic E-state index is 0.119. The highest BCUT2D eigenvalue weighted by atomic mass is 35.5. The van der Waals surface area contributed by atoms with E-state index in [9.17, 15) is 4.79 Å². The zero-order valence-electron chi connectivity index (χ0n) is 16.9. The summed E-state index contributed by atoms with van der Waals surface area (Å²) >= 11 is 12.1. The largest absolute Gasteiger partial charge is 0.306 e. The first kappa shape index (κ1) is 20.8. The first-order valence-electron chi connectivity index (χ1n) is 10.1. The lowest BCUT2D eigenvalue weighted by molar-refractivity contribution is 0.241. The molecule has 0 aliphatic carbocycles. The highest BCUT2D eigenvalue weighted by Crippen LogP contribution is 2.28. The van der Waals surface area contributed by atoms with Gasteiger partial charge in [-0.05, 0) is 23.8 Å². The van der Waals surface area contributed by atoms with E-state index in [1.807, 2.05) is 30.5 Å². The number of fused-ring (bicyclic) bond motifs is 1. The fraction of sp³-hybridized carbons (Fsp3) is 0.174. The fourth-order valence-corrected chi connectivity index (χ4v) is 4.07. The van der Waals surface area contributed by atoms with Crippen molar-refractivity contribution < 1.29 is 0 Å². The summed E-state index contributed by atoms with van der Waals surface area (Å²) in [5, 5.41) is 1.02. The van der Waals surface area contributed by atoms with Crippen molar-refractivity contribution in [3.05, 3.63) is 92.5 Å². The van der Waals surface area contributed by atoms with E-state index in [0.717, 1.165) is 29.1 Å². The molecule has 0 spiro atoms. The van der Waals surface area contributed by atoms with Crippen molar-refractivity contribution in [1.82, 2.24) is 29.8 Å². The maximum atomic E-state index is 12.7.